The lowest BCUT2D eigenvalue weighted by molar-refractivity contribution is 0.0379. The highest BCUT2D eigenvalue weighted by Crippen LogP contribution is 2.40. The van der Waals surface area contributed by atoms with Gasteiger partial charge < -0.3 is 40.4 Å². The highest BCUT2D eigenvalue weighted by Gasteiger charge is 2.25. The van der Waals surface area contributed by atoms with Crippen LogP contribution >= 0.6 is 45.9 Å². The Morgan fingerprint density at radius 3 is 1.74 bits per heavy atom. The number of aromatic nitrogens is 4. The molecule has 1 atom stereocenters. The Morgan fingerprint density at radius 1 is 0.671 bits per heavy atom. The topological polar surface area (TPSA) is 166 Å². The van der Waals surface area contributed by atoms with Crippen LogP contribution in [0.5, 0.6) is 11.5 Å². The van der Waals surface area contributed by atoms with E-state index in [2.05, 4.69) is 30.7 Å². The number of thiophene rings is 2. The Balaban J connectivity index is 0.000000174. The molecule has 2 fully saturated rings. The van der Waals surface area contributed by atoms with Crippen LogP contribution in [-0.4, -0.2) is 144 Å². The van der Waals surface area contributed by atoms with Gasteiger partial charge >= 0.3 is 0 Å². The Bertz CT molecular complexity index is 2690. The molecule has 0 radical (unpaired) electrons. The fourth-order valence-corrected chi connectivity index (χ4v) is 12.9. The molecule has 70 heavy (non-hydrogen) atoms. The van der Waals surface area contributed by atoms with E-state index in [4.69, 9.17) is 62.5 Å². The normalized spacial score (nSPS) is 17.2. The summed E-state index contributed by atoms with van der Waals surface area (Å²) in [6, 6.07) is 11.7. The van der Waals surface area contributed by atoms with Gasteiger partial charge in [0.25, 0.3) is 0 Å². The number of hydrogen-bond donors (Lipinski definition) is 5. The van der Waals surface area contributed by atoms with Gasteiger partial charge in [0.05, 0.1) is 74.1 Å². The lowest BCUT2D eigenvalue weighted by Gasteiger charge is -2.35. The summed E-state index contributed by atoms with van der Waals surface area (Å²) >= 11 is 16.4. The molecule has 0 amide bonds. The van der Waals surface area contributed by atoms with E-state index in [-0.39, 0.29) is 6.61 Å². The molecule has 1 unspecified atom stereocenters. The zero-order valence-corrected chi connectivity index (χ0v) is 43.5. The van der Waals surface area contributed by atoms with Crippen molar-refractivity contribution in [3.63, 3.8) is 0 Å². The summed E-state index contributed by atoms with van der Waals surface area (Å²) in [6.45, 7) is 12.0. The van der Waals surface area contributed by atoms with Crippen LogP contribution in [0.15, 0.2) is 36.4 Å². The first kappa shape index (κ1) is 50.9. The van der Waals surface area contributed by atoms with Crippen molar-refractivity contribution in [2.45, 2.75) is 83.6 Å². The molecular formula is C51H66Cl2N10O5S2. The molecule has 15 nitrogen and oxygen atoms in total. The maximum atomic E-state index is 9.74. The van der Waals surface area contributed by atoms with Crippen molar-refractivity contribution >= 4 is 77.9 Å². The number of halogens is 2. The van der Waals surface area contributed by atoms with E-state index in [9.17, 15) is 5.11 Å². The third kappa shape index (κ3) is 12.8. The van der Waals surface area contributed by atoms with Gasteiger partial charge in [-0.1, -0.05) is 35.3 Å². The number of benzene rings is 2. The predicted octanol–water partition coefficient (Wildman–Crippen LogP) is 7.58. The molecule has 2 saturated heterocycles. The molecular weight excluding hydrogens is 968 g/mol. The average Bonchev–Trinajstić information content (AvgIpc) is 3.96. The number of fused-ring (bicyclic) bond motifs is 6. The highest BCUT2D eigenvalue weighted by molar-refractivity contribution is 7.19. The number of aliphatic hydroxyl groups excluding tert-OH is 2. The number of nitrogens with one attached hydrogen (secondary N) is 3. The van der Waals surface area contributed by atoms with Crippen LogP contribution in [0.4, 0.5) is 11.6 Å². The minimum Gasteiger partial charge on any atom is -0.495 e. The summed E-state index contributed by atoms with van der Waals surface area (Å²) < 4.78 is 16.0. The van der Waals surface area contributed by atoms with E-state index in [0.717, 1.165) is 135 Å². The van der Waals surface area contributed by atoms with Crippen molar-refractivity contribution < 1.29 is 24.4 Å². The summed E-state index contributed by atoms with van der Waals surface area (Å²) in [6.07, 6.45) is 8.74. The standard InChI is InChI=1S/C26H34ClN5O3S.C25H32ClN5O2S/c1-35-21-7-6-17(12-20(21)27)13-28-25-24-19-4-2-3-5-22(19)36-26(24)30-23(29-25)15-32-10-8-31(9-11-32)14-18(34)16-33;1-32-20-7-6-17(14-19(20)26)15-28-24-23-18-4-2-3-5-21(18)34-25(23)30-22(29-24)16-27-8-9-31-10-12-33-13-11-31/h6-7,12,18,33-34H,2-5,8-11,13-16H2,1H3,(H,28,29,30);6-7,14,27H,2-5,8-13,15-16H2,1H3,(H,28,29,30). The molecule has 376 valence electrons. The summed E-state index contributed by atoms with van der Waals surface area (Å²) in [5.74, 6) is 4.87. The van der Waals surface area contributed by atoms with Crippen molar-refractivity contribution in [3.8, 4) is 11.5 Å². The molecule has 19 heteroatoms. The zero-order chi connectivity index (χ0) is 48.4. The second-order valence-corrected chi connectivity index (χ2v) is 21.4. The molecule has 0 saturated carbocycles. The molecule has 2 aromatic carbocycles. The van der Waals surface area contributed by atoms with E-state index in [1.54, 1.807) is 14.2 Å². The number of morpholine rings is 1. The van der Waals surface area contributed by atoms with Crippen LogP contribution in [0, 0.1) is 0 Å². The van der Waals surface area contributed by atoms with E-state index in [0.29, 0.717) is 54.3 Å². The SMILES string of the molecule is COc1ccc(CNc2nc(CN3CCN(CC(O)CO)CC3)nc3sc4c(c23)CCCC4)cc1Cl.COc1ccc(CNc2nc(CNCCN3CCOCC3)nc3sc4c(c23)CCCC4)cc1Cl. The van der Waals surface area contributed by atoms with Gasteiger partial charge in [-0.2, -0.15) is 0 Å². The molecule has 2 aliphatic heterocycles. The maximum Gasteiger partial charge on any atom is 0.146 e. The summed E-state index contributed by atoms with van der Waals surface area (Å²) in [5, 5.41) is 33.2. The van der Waals surface area contributed by atoms with Gasteiger partial charge in [0.15, 0.2) is 0 Å². The number of methoxy groups -OCH3 is 2. The second-order valence-electron chi connectivity index (χ2n) is 18.4. The Kier molecular flexibility index (Phi) is 17.9. The van der Waals surface area contributed by atoms with Crippen LogP contribution in [0.1, 0.15) is 69.3 Å². The lowest BCUT2D eigenvalue weighted by atomic mass is 9.97. The number of rotatable bonds is 18. The van der Waals surface area contributed by atoms with Gasteiger partial charge in [-0.05, 0) is 97.9 Å². The third-order valence-corrected chi connectivity index (χ3v) is 16.5. The van der Waals surface area contributed by atoms with Crippen LogP contribution in [0.3, 0.4) is 0 Å². The van der Waals surface area contributed by atoms with Crippen LogP contribution in [-0.2, 0) is 56.6 Å². The molecule has 10 rings (SSSR count). The minimum atomic E-state index is -0.679. The Morgan fingerprint density at radius 2 is 1.20 bits per heavy atom. The molecule has 4 aliphatic rings. The number of aryl methyl sites for hydroxylation is 4. The van der Waals surface area contributed by atoms with E-state index >= 15 is 0 Å². The molecule has 2 aliphatic carbocycles. The smallest absolute Gasteiger partial charge is 0.146 e. The second kappa shape index (κ2) is 24.6. The average molecular weight is 1030 g/mol. The molecule has 0 bridgehead atoms. The number of aliphatic hydroxyl groups is 2. The van der Waals surface area contributed by atoms with Crippen molar-refractivity contribution in [1.29, 1.82) is 0 Å². The molecule has 6 heterocycles. The molecule has 5 N–H and O–H groups in total. The maximum absolute atomic E-state index is 9.74. The highest BCUT2D eigenvalue weighted by atomic mass is 35.5. The predicted molar refractivity (Wildman–Crippen MR) is 283 cm³/mol. The number of nitrogens with zero attached hydrogens (tertiary/aromatic N) is 7. The molecule has 6 aromatic rings. The van der Waals surface area contributed by atoms with E-state index in [1.165, 1.54) is 57.3 Å². The summed E-state index contributed by atoms with van der Waals surface area (Å²) in [7, 11) is 3.25. The number of hydrogen-bond acceptors (Lipinski definition) is 17. The van der Waals surface area contributed by atoms with Gasteiger partial charge in [0.2, 0.25) is 0 Å². The zero-order valence-electron chi connectivity index (χ0n) is 40.3. The van der Waals surface area contributed by atoms with Gasteiger partial charge in [-0.3, -0.25) is 14.7 Å². The largest absolute Gasteiger partial charge is 0.495 e. The minimum absolute atomic E-state index is 0.197. The van der Waals surface area contributed by atoms with Crippen molar-refractivity contribution in [2.75, 3.05) is 104 Å². The van der Waals surface area contributed by atoms with Crippen molar-refractivity contribution in [1.82, 2.24) is 40.0 Å². The summed E-state index contributed by atoms with van der Waals surface area (Å²) in [4.78, 5) is 32.0. The van der Waals surface area contributed by atoms with Gasteiger partial charge in [0.1, 0.15) is 44.4 Å². The number of piperazine rings is 1. The molecule has 4 aromatic heterocycles. The first-order chi connectivity index (χ1) is 34.2. The fourth-order valence-electron chi connectivity index (χ4n) is 9.77. The van der Waals surface area contributed by atoms with Crippen molar-refractivity contribution in [3.05, 3.63) is 90.1 Å². The van der Waals surface area contributed by atoms with Gasteiger partial charge in [-0.25, -0.2) is 19.9 Å². The summed E-state index contributed by atoms with van der Waals surface area (Å²) in [5.41, 5.74) is 5.01. The van der Waals surface area contributed by atoms with E-state index < -0.39 is 6.10 Å². The Labute approximate surface area is 428 Å². The Hall–Kier alpha value is -3.98. The first-order valence-corrected chi connectivity index (χ1v) is 27.1. The number of β-amino-alcohol motifs (C(OH)–C–C–N with tert-alkyl or cyclic N) is 1. The van der Waals surface area contributed by atoms with Crippen molar-refractivity contribution in [2.24, 2.45) is 0 Å². The van der Waals surface area contributed by atoms with Crippen LogP contribution in [0.2, 0.25) is 10.0 Å². The lowest BCUT2D eigenvalue weighted by Crippen LogP contribution is -2.48. The fraction of sp³-hybridized carbons (Fsp3) is 0.529. The number of ether oxygens (including phenoxy) is 3. The molecule has 0 spiro atoms. The monoisotopic (exact) mass is 1030 g/mol. The first-order valence-electron chi connectivity index (χ1n) is 24.7. The van der Waals surface area contributed by atoms with Gasteiger partial charge in [0, 0.05) is 81.7 Å². The van der Waals surface area contributed by atoms with Gasteiger partial charge in [-0.15, -0.1) is 22.7 Å². The number of anilines is 2. The van der Waals surface area contributed by atoms with Crippen LogP contribution in [0.25, 0.3) is 20.4 Å². The van der Waals surface area contributed by atoms with Crippen LogP contribution < -0.4 is 25.4 Å². The quantitative estimate of drug-likeness (QED) is 0.0535. The van der Waals surface area contributed by atoms with E-state index in [1.807, 2.05) is 59.1 Å². The third-order valence-electron chi connectivity index (χ3n) is 13.6.